The number of carbonyl (C=O) groups excluding carboxylic acids is 1. The van der Waals surface area contributed by atoms with Crippen LogP contribution in [-0.2, 0) is 0 Å². The number of hydrogen-bond donors (Lipinski definition) is 2. The zero-order chi connectivity index (χ0) is 11.6. The highest BCUT2D eigenvalue weighted by Gasteiger charge is 2.26. The van der Waals surface area contributed by atoms with Gasteiger partial charge in [-0.15, -0.1) is 0 Å². The summed E-state index contributed by atoms with van der Waals surface area (Å²) in [5, 5.41) is 2.84. The fourth-order valence-corrected chi connectivity index (χ4v) is 1.07. The fourth-order valence-electron chi connectivity index (χ4n) is 1.07. The molecule has 0 fully saturated rings. The van der Waals surface area contributed by atoms with Crippen molar-refractivity contribution in [2.45, 2.75) is 39.3 Å². The van der Waals surface area contributed by atoms with Gasteiger partial charge in [-0.1, -0.05) is 0 Å². The quantitative estimate of drug-likeness (QED) is 0.793. The van der Waals surface area contributed by atoms with Gasteiger partial charge in [-0.25, -0.2) is 0 Å². The first-order valence-electron chi connectivity index (χ1n) is 4.97. The summed E-state index contributed by atoms with van der Waals surface area (Å²) in [4.78, 5) is 11.8. The van der Waals surface area contributed by atoms with Crippen LogP contribution in [-0.4, -0.2) is 17.5 Å². The monoisotopic (exact) mass is 210 g/mol. The van der Waals surface area contributed by atoms with Crippen LogP contribution in [0.4, 0.5) is 0 Å². The molecular formula is C11H18N2O2. The van der Waals surface area contributed by atoms with E-state index in [0.717, 1.165) is 5.56 Å². The first-order valence-corrected chi connectivity index (χ1v) is 4.97. The minimum absolute atomic E-state index is 0.128. The number of aryl methyl sites for hydroxylation is 1. The zero-order valence-electron chi connectivity index (χ0n) is 9.63. The number of nitrogens with one attached hydrogen (secondary N) is 1. The minimum atomic E-state index is -0.448. The first kappa shape index (κ1) is 11.8. The molecule has 1 unspecified atom stereocenters. The predicted octanol–water partition coefficient (Wildman–Crippen LogP) is 1.44. The maximum absolute atomic E-state index is 11.8. The van der Waals surface area contributed by atoms with Crippen LogP contribution < -0.4 is 11.1 Å². The average Bonchev–Trinajstić information content (AvgIpc) is 2.50. The SMILES string of the molecule is Cc1ccoc1C(=O)NC(C)(C)C(C)N. The van der Waals surface area contributed by atoms with E-state index < -0.39 is 5.54 Å². The van der Waals surface area contributed by atoms with Gasteiger partial charge in [0.2, 0.25) is 0 Å². The van der Waals surface area contributed by atoms with E-state index >= 15 is 0 Å². The molecule has 1 amide bonds. The van der Waals surface area contributed by atoms with Crippen molar-refractivity contribution in [1.29, 1.82) is 0 Å². The van der Waals surface area contributed by atoms with E-state index in [2.05, 4.69) is 5.32 Å². The first-order chi connectivity index (χ1) is 6.84. The van der Waals surface area contributed by atoms with Crippen LogP contribution in [0.1, 0.15) is 36.9 Å². The van der Waals surface area contributed by atoms with Crippen LogP contribution in [0.25, 0.3) is 0 Å². The van der Waals surface area contributed by atoms with Crippen LogP contribution in [0.2, 0.25) is 0 Å². The Balaban J connectivity index is 2.77. The second-order valence-corrected chi connectivity index (χ2v) is 4.40. The summed E-state index contributed by atoms with van der Waals surface area (Å²) in [6.45, 7) is 7.45. The topological polar surface area (TPSA) is 68.3 Å². The van der Waals surface area contributed by atoms with Gasteiger partial charge in [0, 0.05) is 17.1 Å². The van der Waals surface area contributed by atoms with Gasteiger partial charge < -0.3 is 15.5 Å². The van der Waals surface area contributed by atoms with E-state index in [1.807, 2.05) is 27.7 Å². The average molecular weight is 210 g/mol. The molecule has 84 valence electrons. The summed E-state index contributed by atoms with van der Waals surface area (Å²) in [7, 11) is 0. The van der Waals surface area contributed by atoms with Gasteiger partial charge in [0.25, 0.3) is 5.91 Å². The summed E-state index contributed by atoms with van der Waals surface area (Å²) in [5.74, 6) is 0.128. The van der Waals surface area contributed by atoms with Crippen molar-refractivity contribution in [2.75, 3.05) is 0 Å². The van der Waals surface area contributed by atoms with Crippen molar-refractivity contribution < 1.29 is 9.21 Å². The molecule has 0 bridgehead atoms. The third kappa shape index (κ3) is 2.59. The lowest BCUT2D eigenvalue weighted by Gasteiger charge is -2.29. The highest BCUT2D eigenvalue weighted by Crippen LogP contribution is 2.12. The highest BCUT2D eigenvalue weighted by molar-refractivity contribution is 5.93. The molecule has 1 atom stereocenters. The molecule has 0 aliphatic rings. The second-order valence-electron chi connectivity index (χ2n) is 4.40. The molecule has 0 aromatic carbocycles. The van der Waals surface area contributed by atoms with Crippen LogP contribution in [0.3, 0.4) is 0 Å². The van der Waals surface area contributed by atoms with Crippen molar-refractivity contribution in [2.24, 2.45) is 5.73 Å². The molecule has 15 heavy (non-hydrogen) atoms. The minimum Gasteiger partial charge on any atom is -0.459 e. The van der Waals surface area contributed by atoms with Crippen LogP contribution in [0.15, 0.2) is 16.7 Å². The normalized spacial score (nSPS) is 13.7. The Morgan fingerprint density at radius 2 is 2.20 bits per heavy atom. The third-order valence-corrected chi connectivity index (χ3v) is 2.64. The number of carbonyl (C=O) groups is 1. The number of rotatable bonds is 3. The van der Waals surface area contributed by atoms with E-state index in [9.17, 15) is 4.79 Å². The van der Waals surface area contributed by atoms with Crippen molar-refractivity contribution in [3.8, 4) is 0 Å². The van der Waals surface area contributed by atoms with Gasteiger partial charge in [0.15, 0.2) is 5.76 Å². The van der Waals surface area contributed by atoms with E-state index in [0.29, 0.717) is 5.76 Å². The molecule has 3 N–H and O–H groups in total. The van der Waals surface area contributed by atoms with Gasteiger partial charge in [-0.3, -0.25) is 4.79 Å². The lowest BCUT2D eigenvalue weighted by molar-refractivity contribution is 0.0874. The molecule has 0 spiro atoms. The lowest BCUT2D eigenvalue weighted by atomic mass is 9.96. The van der Waals surface area contributed by atoms with Gasteiger partial charge in [0.1, 0.15) is 0 Å². The fraction of sp³-hybridized carbons (Fsp3) is 0.545. The molecule has 0 saturated heterocycles. The van der Waals surface area contributed by atoms with Crippen molar-refractivity contribution >= 4 is 5.91 Å². The van der Waals surface area contributed by atoms with E-state index in [4.69, 9.17) is 10.2 Å². The second kappa shape index (κ2) is 4.06. The summed E-state index contributed by atoms with van der Waals surface area (Å²) < 4.78 is 5.10. The lowest BCUT2D eigenvalue weighted by Crippen LogP contribution is -2.54. The zero-order valence-corrected chi connectivity index (χ0v) is 9.63. The maximum atomic E-state index is 11.8. The van der Waals surface area contributed by atoms with Crippen LogP contribution in [0, 0.1) is 6.92 Å². The van der Waals surface area contributed by atoms with Gasteiger partial charge in [-0.05, 0) is 33.8 Å². The Morgan fingerprint density at radius 1 is 1.60 bits per heavy atom. The van der Waals surface area contributed by atoms with E-state index in [-0.39, 0.29) is 11.9 Å². The van der Waals surface area contributed by atoms with E-state index in [1.54, 1.807) is 6.07 Å². The summed E-state index contributed by atoms with van der Waals surface area (Å²) in [6, 6.07) is 1.63. The van der Waals surface area contributed by atoms with E-state index in [1.165, 1.54) is 6.26 Å². The molecule has 0 aliphatic carbocycles. The molecule has 0 saturated carbocycles. The van der Waals surface area contributed by atoms with Crippen LogP contribution in [0.5, 0.6) is 0 Å². The maximum Gasteiger partial charge on any atom is 0.287 e. The predicted molar refractivity (Wildman–Crippen MR) is 58.6 cm³/mol. The Kier molecular flexibility index (Phi) is 3.19. The molecule has 0 radical (unpaired) electrons. The third-order valence-electron chi connectivity index (χ3n) is 2.64. The van der Waals surface area contributed by atoms with Gasteiger partial charge in [-0.2, -0.15) is 0 Å². The summed E-state index contributed by atoms with van der Waals surface area (Å²) in [6.07, 6.45) is 1.50. The standard InChI is InChI=1S/C11H18N2O2/c1-7-5-6-15-9(7)10(14)13-11(3,4)8(2)12/h5-6,8H,12H2,1-4H3,(H,13,14). The molecule has 0 aliphatic heterocycles. The molecular weight excluding hydrogens is 192 g/mol. The Labute approximate surface area is 89.8 Å². The molecule has 1 aromatic heterocycles. The Hall–Kier alpha value is -1.29. The number of nitrogens with two attached hydrogens (primary N) is 1. The molecule has 1 heterocycles. The van der Waals surface area contributed by atoms with Crippen molar-refractivity contribution in [3.05, 3.63) is 23.7 Å². The number of hydrogen-bond acceptors (Lipinski definition) is 3. The smallest absolute Gasteiger partial charge is 0.287 e. The molecule has 4 nitrogen and oxygen atoms in total. The summed E-state index contributed by atoms with van der Waals surface area (Å²) >= 11 is 0. The van der Waals surface area contributed by atoms with Crippen LogP contribution >= 0.6 is 0 Å². The van der Waals surface area contributed by atoms with Crippen molar-refractivity contribution in [1.82, 2.24) is 5.32 Å². The van der Waals surface area contributed by atoms with Gasteiger partial charge >= 0.3 is 0 Å². The largest absolute Gasteiger partial charge is 0.459 e. The summed E-state index contributed by atoms with van der Waals surface area (Å²) in [5.41, 5.74) is 6.14. The Bertz CT molecular complexity index is 353. The number of furan rings is 1. The molecule has 1 rings (SSSR count). The highest BCUT2D eigenvalue weighted by atomic mass is 16.3. The Morgan fingerprint density at radius 3 is 2.60 bits per heavy atom. The van der Waals surface area contributed by atoms with Crippen molar-refractivity contribution in [3.63, 3.8) is 0 Å². The van der Waals surface area contributed by atoms with Gasteiger partial charge in [0.05, 0.1) is 6.26 Å². The molecule has 4 heteroatoms. The molecule has 1 aromatic rings. The number of amides is 1.